The Morgan fingerprint density at radius 1 is 1.04 bits per heavy atom. The van der Waals surface area contributed by atoms with Crippen molar-refractivity contribution in [1.82, 2.24) is 0 Å². The summed E-state index contributed by atoms with van der Waals surface area (Å²) in [5, 5.41) is 10.0. The number of nitrogens with two attached hydrogens (primary N) is 1. The van der Waals surface area contributed by atoms with Gasteiger partial charge >= 0.3 is 16.2 Å². The number of nitrogens with one attached hydrogen (secondary N) is 1. The highest BCUT2D eigenvalue weighted by atomic mass is 32.2. The zero-order valence-electron chi connectivity index (χ0n) is 14.8. The van der Waals surface area contributed by atoms with Gasteiger partial charge in [-0.05, 0) is 43.5 Å². The third-order valence-corrected chi connectivity index (χ3v) is 5.72. The molecule has 0 aliphatic heterocycles. The monoisotopic (exact) mass is 392 g/mol. The molecule has 146 valence electrons. The molecule has 7 nitrogen and oxygen atoms in total. The third-order valence-electron chi connectivity index (χ3n) is 4.06. The van der Waals surface area contributed by atoms with Crippen LogP contribution in [0.3, 0.4) is 0 Å². The molecular weight excluding hydrogens is 368 g/mol. The number of hydrogen-bond donors (Lipinski definition) is 3. The van der Waals surface area contributed by atoms with Gasteiger partial charge in [0.25, 0.3) is 0 Å². The number of para-hydroxylation sites is 2. The lowest BCUT2D eigenvalue weighted by Crippen LogP contribution is -2.37. The molecule has 1 amide bonds. The van der Waals surface area contributed by atoms with Gasteiger partial charge in [-0.25, -0.2) is 4.79 Å². The van der Waals surface area contributed by atoms with E-state index in [4.69, 9.17) is 15.0 Å². The van der Waals surface area contributed by atoms with Crippen LogP contribution >= 0.6 is 0 Å². The van der Waals surface area contributed by atoms with Crippen molar-refractivity contribution in [2.24, 2.45) is 5.73 Å². The van der Waals surface area contributed by atoms with Gasteiger partial charge in [0, 0.05) is 11.7 Å². The second-order valence-corrected chi connectivity index (χ2v) is 8.05. The molecule has 1 fully saturated rings. The van der Waals surface area contributed by atoms with E-state index < -0.39 is 21.5 Å². The van der Waals surface area contributed by atoms with Crippen molar-refractivity contribution in [2.45, 2.75) is 37.0 Å². The number of anilines is 1. The van der Waals surface area contributed by atoms with Crippen LogP contribution in [0.15, 0.2) is 60.7 Å². The smallest absolute Gasteiger partial charge is 0.409 e. The van der Waals surface area contributed by atoms with E-state index in [-0.39, 0.29) is 6.04 Å². The number of rotatable bonds is 4. The maximum atomic E-state index is 12.0. The van der Waals surface area contributed by atoms with E-state index in [0.717, 1.165) is 12.8 Å². The summed E-state index contributed by atoms with van der Waals surface area (Å²) >= 11 is 0. The molecule has 1 saturated carbocycles. The van der Waals surface area contributed by atoms with Crippen LogP contribution < -0.4 is 15.2 Å². The standard InChI is InChI=1S/C12H17NO3S.C7H7NO2/c13-10-5-4-8-12(9-10)17(14,15)16-11-6-2-1-3-7-11;9-7(10)8-6-4-2-1-3-5-6/h1-3,6-7,10,12H,4-5,8-9,13H2;1-5,8H,(H,9,10). The fourth-order valence-corrected chi connectivity index (χ4v) is 4.22. The lowest BCUT2D eigenvalue weighted by molar-refractivity contribution is 0.209. The highest BCUT2D eigenvalue weighted by Gasteiger charge is 2.32. The predicted molar refractivity (Wildman–Crippen MR) is 104 cm³/mol. The van der Waals surface area contributed by atoms with Crippen molar-refractivity contribution in [3.8, 4) is 5.75 Å². The van der Waals surface area contributed by atoms with Gasteiger partial charge < -0.3 is 15.0 Å². The summed E-state index contributed by atoms with van der Waals surface area (Å²) in [6.45, 7) is 0. The molecule has 8 heteroatoms. The Morgan fingerprint density at radius 2 is 1.63 bits per heavy atom. The Kier molecular flexibility index (Phi) is 7.63. The summed E-state index contributed by atoms with van der Waals surface area (Å²) in [5.74, 6) is 0.367. The zero-order valence-corrected chi connectivity index (χ0v) is 15.6. The number of amides is 1. The van der Waals surface area contributed by atoms with Crippen molar-refractivity contribution >= 4 is 21.9 Å². The van der Waals surface area contributed by atoms with Gasteiger partial charge in [-0.15, -0.1) is 0 Å². The van der Waals surface area contributed by atoms with E-state index in [2.05, 4.69) is 5.32 Å². The molecule has 0 bridgehead atoms. The quantitative estimate of drug-likeness (QED) is 0.686. The van der Waals surface area contributed by atoms with Gasteiger partial charge in [0.1, 0.15) is 5.75 Å². The van der Waals surface area contributed by atoms with E-state index in [0.29, 0.717) is 24.3 Å². The number of carboxylic acid groups (broad SMARTS) is 1. The Hall–Kier alpha value is -2.58. The number of benzene rings is 2. The van der Waals surface area contributed by atoms with Crippen molar-refractivity contribution in [2.75, 3.05) is 5.32 Å². The second kappa shape index (κ2) is 9.94. The van der Waals surface area contributed by atoms with Gasteiger partial charge in [0.2, 0.25) is 0 Å². The fourth-order valence-electron chi connectivity index (χ4n) is 2.77. The molecule has 0 radical (unpaired) electrons. The van der Waals surface area contributed by atoms with Gasteiger partial charge in [0.05, 0.1) is 5.25 Å². The molecule has 0 aromatic heterocycles. The van der Waals surface area contributed by atoms with Crippen LogP contribution in [0.2, 0.25) is 0 Å². The Labute approximate surface area is 159 Å². The molecule has 0 saturated heterocycles. The molecule has 3 rings (SSSR count). The van der Waals surface area contributed by atoms with Crippen LogP contribution in [0, 0.1) is 0 Å². The summed E-state index contributed by atoms with van der Waals surface area (Å²) in [6.07, 6.45) is 1.85. The molecule has 1 aliphatic rings. The fraction of sp³-hybridized carbons (Fsp3) is 0.316. The lowest BCUT2D eigenvalue weighted by atomic mass is 9.96. The molecule has 27 heavy (non-hydrogen) atoms. The topological polar surface area (TPSA) is 119 Å². The SMILES string of the molecule is NC1CCCC(S(=O)(=O)Oc2ccccc2)C1.O=C(O)Nc1ccccc1. The summed E-state index contributed by atoms with van der Waals surface area (Å²) in [7, 11) is -3.55. The highest BCUT2D eigenvalue weighted by molar-refractivity contribution is 7.87. The van der Waals surface area contributed by atoms with Crippen molar-refractivity contribution < 1.29 is 22.5 Å². The van der Waals surface area contributed by atoms with E-state index in [1.807, 2.05) is 12.1 Å². The minimum atomic E-state index is -3.55. The molecule has 0 spiro atoms. The average Bonchev–Trinajstić information content (AvgIpc) is 2.63. The first-order chi connectivity index (χ1) is 12.9. The van der Waals surface area contributed by atoms with E-state index in [1.165, 1.54) is 0 Å². The molecule has 2 aromatic carbocycles. The normalized spacial score (nSPS) is 19.3. The third kappa shape index (κ3) is 7.28. The molecular formula is C19H24N2O5S. The number of carbonyl (C=O) groups is 1. The molecule has 1 aliphatic carbocycles. The van der Waals surface area contributed by atoms with E-state index >= 15 is 0 Å². The summed E-state index contributed by atoms with van der Waals surface area (Å²) < 4.78 is 29.2. The lowest BCUT2D eigenvalue weighted by Gasteiger charge is -2.25. The summed E-state index contributed by atoms with van der Waals surface area (Å²) in [4.78, 5) is 10.1. The molecule has 2 atom stereocenters. The predicted octanol–water partition coefficient (Wildman–Crippen LogP) is 3.44. The van der Waals surface area contributed by atoms with Crippen LogP contribution in [0.1, 0.15) is 25.7 Å². The van der Waals surface area contributed by atoms with Crippen molar-refractivity contribution in [1.29, 1.82) is 0 Å². The highest BCUT2D eigenvalue weighted by Crippen LogP contribution is 2.25. The first-order valence-corrected chi connectivity index (χ1v) is 10.1. The largest absolute Gasteiger partial charge is 0.465 e. The van der Waals surface area contributed by atoms with Gasteiger partial charge in [0.15, 0.2) is 0 Å². The maximum Gasteiger partial charge on any atom is 0.409 e. The molecule has 0 heterocycles. The Morgan fingerprint density at radius 3 is 2.19 bits per heavy atom. The minimum Gasteiger partial charge on any atom is -0.465 e. The van der Waals surface area contributed by atoms with Crippen LogP contribution in [0.4, 0.5) is 10.5 Å². The zero-order chi connectivity index (χ0) is 19.7. The molecule has 2 aromatic rings. The van der Waals surface area contributed by atoms with Crippen molar-refractivity contribution in [3.05, 3.63) is 60.7 Å². The van der Waals surface area contributed by atoms with E-state index in [1.54, 1.807) is 48.5 Å². The van der Waals surface area contributed by atoms with Crippen LogP contribution in [0.25, 0.3) is 0 Å². The molecule has 4 N–H and O–H groups in total. The first kappa shape index (κ1) is 20.7. The van der Waals surface area contributed by atoms with Gasteiger partial charge in [-0.3, -0.25) is 5.32 Å². The van der Waals surface area contributed by atoms with Gasteiger partial charge in [-0.2, -0.15) is 8.42 Å². The second-order valence-electron chi connectivity index (χ2n) is 6.23. The first-order valence-electron chi connectivity index (χ1n) is 8.66. The van der Waals surface area contributed by atoms with Crippen molar-refractivity contribution in [3.63, 3.8) is 0 Å². The average molecular weight is 392 g/mol. The van der Waals surface area contributed by atoms with Crippen LogP contribution in [0.5, 0.6) is 5.75 Å². The minimum absolute atomic E-state index is 0.0251. The Bertz CT molecular complexity index is 813. The Balaban J connectivity index is 0.000000223. The van der Waals surface area contributed by atoms with Gasteiger partial charge in [-0.1, -0.05) is 42.8 Å². The molecule has 2 unspecified atom stereocenters. The maximum absolute atomic E-state index is 12.0. The van der Waals surface area contributed by atoms with Crippen LogP contribution in [-0.4, -0.2) is 30.9 Å². The van der Waals surface area contributed by atoms with E-state index in [9.17, 15) is 13.2 Å². The number of hydrogen-bond acceptors (Lipinski definition) is 5. The summed E-state index contributed by atoms with van der Waals surface area (Å²) in [6, 6.07) is 17.3. The van der Waals surface area contributed by atoms with Crippen LogP contribution in [-0.2, 0) is 10.1 Å². The summed E-state index contributed by atoms with van der Waals surface area (Å²) in [5.41, 5.74) is 6.39.